The van der Waals surface area contributed by atoms with Gasteiger partial charge in [0, 0.05) is 30.1 Å². The van der Waals surface area contributed by atoms with Crippen molar-refractivity contribution in [2.24, 2.45) is 0 Å². The lowest BCUT2D eigenvalue weighted by atomic mass is 10.1. The Labute approximate surface area is 190 Å². The van der Waals surface area contributed by atoms with E-state index in [1.54, 1.807) is 23.1 Å². The zero-order valence-corrected chi connectivity index (χ0v) is 18.9. The number of nitrogens with one attached hydrogen (secondary N) is 1. The fraction of sp³-hybridized carbons (Fsp3) is 0.304. The summed E-state index contributed by atoms with van der Waals surface area (Å²) in [5.41, 5.74) is 2.54. The number of aryl methyl sites for hydroxylation is 1. The lowest BCUT2D eigenvalue weighted by Crippen LogP contribution is -2.24. The van der Waals surface area contributed by atoms with Crippen LogP contribution in [0.1, 0.15) is 40.2 Å². The standard InChI is InChI=1S/C23H24N4O4S/c1-4-14-5-8-17(9-6-14)27-13-16(12-20(27)28)22-25-26-23(32-22)24-21(29)15-7-10-18(30-2)19(11-15)31-3/h5-11,16H,4,12-13H2,1-3H3,(H,24,26,29)/t16-/m1/s1. The van der Waals surface area contributed by atoms with E-state index in [0.717, 1.165) is 17.1 Å². The summed E-state index contributed by atoms with van der Waals surface area (Å²) >= 11 is 1.29. The van der Waals surface area contributed by atoms with Gasteiger partial charge in [-0.15, -0.1) is 10.2 Å². The third-order valence-corrected chi connectivity index (χ3v) is 6.44. The Balaban J connectivity index is 1.43. The lowest BCUT2D eigenvalue weighted by Gasteiger charge is -2.16. The minimum Gasteiger partial charge on any atom is -0.493 e. The first kappa shape index (κ1) is 21.8. The summed E-state index contributed by atoms with van der Waals surface area (Å²) in [6, 6.07) is 13.0. The molecule has 9 heteroatoms. The van der Waals surface area contributed by atoms with E-state index in [-0.39, 0.29) is 17.7 Å². The van der Waals surface area contributed by atoms with Crippen molar-refractivity contribution in [2.75, 3.05) is 31.0 Å². The first-order valence-corrected chi connectivity index (χ1v) is 11.1. The number of hydrogen-bond donors (Lipinski definition) is 1. The molecule has 2 aromatic carbocycles. The molecule has 0 spiro atoms. The van der Waals surface area contributed by atoms with E-state index in [0.29, 0.717) is 35.2 Å². The predicted molar refractivity (Wildman–Crippen MR) is 123 cm³/mol. The SMILES string of the molecule is CCc1ccc(N2C[C@H](c3nnc(NC(=O)c4ccc(OC)c(OC)c4)s3)CC2=O)cc1. The Kier molecular flexibility index (Phi) is 6.36. The van der Waals surface area contributed by atoms with Crippen molar-refractivity contribution >= 4 is 34.0 Å². The number of carbonyl (C=O) groups is 2. The molecule has 2 amide bonds. The van der Waals surface area contributed by atoms with Crippen LogP contribution in [0.3, 0.4) is 0 Å². The van der Waals surface area contributed by atoms with Gasteiger partial charge in [0.15, 0.2) is 11.5 Å². The van der Waals surface area contributed by atoms with Crippen LogP contribution in [0.5, 0.6) is 11.5 Å². The molecular formula is C23H24N4O4S. The summed E-state index contributed by atoms with van der Waals surface area (Å²) in [4.78, 5) is 27.0. The summed E-state index contributed by atoms with van der Waals surface area (Å²) in [6.45, 7) is 2.64. The fourth-order valence-electron chi connectivity index (χ4n) is 3.63. The van der Waals surface area contributed by atoms with Gasteiger partial charge in [-0.25, -0.2) is 0 Å². The van der Waals surface area contributed by atoms with Gasteiger partial charge < -0.3 is 14.4 Å². The van der Waals surface area contributed by atoms with Crippen LogP contribution in [0.4, 0.5) is 10.8 Å². The molecule has 0 radical (unpaired) electrons. The quantitative estimate of drug-likeness (QED) is 0.585. The van der Waals surface area contributed by atoms with E-state index < -0.39 is 0 Å². The van der Waals surface area contributed by atoms with Crippen LogP contribution in [0, 0.1) is 0 Å². The first-order valence-electron chi connectivity index (χ1n) is 10.3. The Morgan fingerprint density at radius 1 is 1.12 bits per heavy atom. The highest BCUT2D eigenvalue weighted by atomic mass is 32.1. The average Bonchev–Trinajstić information content (AvgIpc) is 3.45. The average molecular weight is 453 g/mol. The molecule has 1 aliphatic rings. The number of ether oxygens (including phenoxy) is 2. The summed E-state index contributed by atoms with van der Waals surface area (Å²) < 4.78 is 10.5. The summed E-state index contributed by atoms with van der Waals surface area (Å²) in [5, 5.41) is 12.2. The number of methoxy groups -OCH3 is 2. The van der Waals surface area contributed by atoms with Gasteiger partial charge in [-0.1, -0.05) is 30.4 Å². The monoisotopic (exact) mass is 452 g/mol. The maximum atomic E-state index is 12.6. The molecule has 166 valence electrons. The Bertz CT molecular complexity index is 1130. The Morgan fingerprint density at radius 2 is 1.88 bits per heavy atom. The highest BCUT2D eigenvalue weighted by molar-refractivity contribution is 7.15. The van der Waals surface area contributed by atoms with Crippen molar-refractivity contribution in [3.8, 4) is 11.5 Å². The maximum Gasteiger partial charge on any atom is 0.257 e. The van der Waals surface area contributed by atoms with Gasteiger partial charge in [0.05, 0.1) is 14.2 Å². The molecule has 3 aromatic rings. The highest BCUT2D eigenvalue weighted by Gasteiger charge is 2.34. The summed E-state index contributed by atoms with van der Waals surface area (Å²) in [6.07, 6.45) is 1.33. The van der Waals surface area contributed by atoms with Crippen molar-refractivity contribution in [1.82, 2.24) is 10.2 Å². The van der Waals surface area contributed by atoms with Gasteiger partial charge in [-0.05, 0) is 42.3 Å². The van der Waals surface area contributed by atoms with E-state index in [9.17, 15) is 9.59 Å². The second-order valence-corrected chi connectivity index (χ2v) is 8.40. The van der Waals surface area contributed by atoms with Crippen LogP contribution in [0.2, 0.25) is 0 Å². The molecule has 0 unspecified atom stereocenters. The van der Waals surface area contributed by atoms with Gasteiger partial charge in [0.25, 0.3) is 5.91 Å². The number of benzene rings is 2. The molecule has 1 saturated heterocycles. The number of aromatic nitrogens is 2. The van der Waals surface area contributed by atoms with E-state index in [1.165, 1.54) is 31.1 Å². The molecule has 1 atom stereocenters. The molecule has 8 nitrogen and oxygen atoms in total. The van der Waals surface area contributed by atoms with Crippen molar-refractivity contribution < 1.29 is 19.1 Å². The zero-order chi connectivity index (χ0) is 22.7. The number of carbonyl (C=O) groups excluding carboxylic acids is 2. The Hall–Kier alpha value is -3.46. The summed E-state index contributed by atoms with van der Waals surface area (Å²) in [7, 11) is 3.05. The highest BCUT2D eigenvalue weighted by Crippen LogP contribution is 2.34. The molecular weight excluding hydrogens is 428 g/mol. The molecule has 4 rings (SSSR count). The molecule has 1 N–H and O–H groups in total. The largest absolute Gasteiger partial charge is 0.493 e. The minimum atomic E-state index is -0.325. The predicted octanol–water partition coefficient (Wildman–Crippen LogP) is 3.89. The van der Waals surface area contributed by atoms with Crippen LogP contribution in [0.25, 0.3) is 0 Å². The zero-order valence-electron chi connectivity index (χ0n) is 18.1. The molecule has 0 saturated carbocycles. The molecule has 2 heterocycles. The van der Waals surface area contributed by atoms with Crippen LogP contribution < -0.4 is 19.7 Å². The Morgan fingerprint density at radius 3 is 2.56 bits per heavy atom. The molecule has 1 fully saturated rings. The molecule has 1 aromatic heterocycles. The smallest absolute Gasteiger partial charge is 0.257 e. The maximum absolute atomic E-state index is 12.6. The topological polar surface area (TPSA) is 93.7 Å². The van der Waals surface area contributed by atoms with Crippen LogP contribution in [0.15, 0.2) is 42.5 Å². The van der Waals surface area contributed by atoms with E-state index in [1.807, 2.05) is 24.3 Å². The van der Waals surface area contributed by atoms with Gasteiger partial charge >= 0.3 is 0 Å². The summed E-state index contributed by atoms with van der Waals surface area (Å²) in [5.74, 6) is 0.688. The normalized spacial score (nSPS) is 15.7. The van der Waals surface area contributed by atoms with E-state index in [2.05, 4.69) is 22.4 Å². The van der Waals surface area contributed by atoms with Crippen molar-refractivity contribution in [3.05, 3.63) is 58.6 Å². The van der Waals surface area contributed by atoms with Crippen molar-refractivity contribution in [1.29, 1.82) is 0 Å². The number of amides is 2. The first-order chi connectivity index (χ1) is 15.5. The van der Waals surface area contributed by atoms with Gasteiger partial charge in [-0.3, -0.25) is 14.9 Å². The third kappa shape index (κ3) is 4.43. The minimum absolute atomic E-state index is 0.0578. The van der Waals surface area contributed by atoms with Crippen LogP contribution >= 0.6 is 11.3 Å². The van der Waals surface area contributed by atoms with E-state index in [4.69, 9.17) is 9.47 Å². The second kappa shape index (κ2) is 9.35. The van der Waals surface area contributed by atoms with Crippen molar-refractivity contribution in [3.63, 3.8) is 0 Å². The molecule has 0 bridgehead atoms. The fourth-order valence-corrected chi connectivity index (χ4v) is 4.46. The molecule has 0 aliphatic carbocycles. The number of anilines is 2. The van der Waals surface area contributed by atoms with Crippen molar-refractivity contribution in [2.45, 2.75) is 25.7 Å². The lowest BCUT2D eigenvalue weighted by molar-refractivity contribution is -0.117. The third-order valence-electron chi connectivity index (χ3n) is 5.44. The van der Waals surface area contributed by atoms with E-state index >= 15 is 0 Å². The van der Waals surface area contributed by atoms with Crippen LogP contribution in [-0.2, 0) is 11.2 Å². The second-order valence-electron chi connectivity index (χ2n) is 7.39. The van der Waals surface area contributed by atoms with Crippen LogP contribution in [-0.4, -0.2) is 42.8 Å². The van der Waals surface area contributed by atoms with Gasteiger partial charge in [0.2, 0.25) is 11.0 Å². The van der Waals surface area contributed by atoms with Gasteiger partial charge in [0.1, 0.15) is 5.01 Å². The molecule has 32 heavy (non-hydrogen) atoms. The molecule has 1 aliphatic heterocycles. The number of hydrogen-bond acceptors (Lipinski definition) is 7. The number of nitrogens with zero attached hydrogens (tertiary/aromatic N) is 3. The number of rotatable bonds is 7. The van der Waals surface area contributed by atoms with Gasteiger partial charge in [-0.2, -0.15) is 0 Å².